The number of piperidine rings is 1. The molecule has 1 N–H and O–H groups in total. The van der Waals surface area contributed by atoms with Crippen LogP contribution in [0.4, 0.5) is 11.4 Å². The molecule has 0 spiro atoms. The number of nitrogens with zero attached hydrogens (tertiary/aromatic N) is 3. The van der Waals surface area contributed by atoms with Crippen molar-refractivity contribution < 1.29 is 0 Å². The highest BCUT2D eigenvalue weighted by atomic mass is 15.3. The molecule has 3 aromatic rings. The minimum absolute atomic E-state index is 0.762. The molecule has 1 saturated heterocycles. The van der Waals surface area contributed by atoms with Gasteiger partial charge in [-0.3, -0.25) is 0 Å². The lowest BCUT2D eigenvalue weighted by Crippen LogP contribution is -2.35. The second kappa shape index (κ2) is 9.69. The highest BCUT2D eigenvalue weighted by molar-refractivity contribution is 6.13. The molecule has 3 aromatic carbocycles. The zero-order valence-electron chi connectivity index (χ0n) is 16.5. The average molecular weight is 383 g/mol. The normalized spacial score (nSPS) is 15.2. The Morgan fingerprint density at radius 3 is 1.93 bits per heavy atom. The van der Waals surface area contributed by atoms with Gasteiger partial charge in [-0.1, -0.05) is 66.7 Å². The summed E-state index contributed by atoms with van der Waals surface area (Å²) in [6, 6.07) is 30.5. The number of anilines is 1. The largest absolute Gasteiger partial charge is 0.341 e. The van der Waals surface area contributed by atoms with Crippen molar-refractivity contribution in [2.45, 2.75) is 19.3 Å². The zero-order valence-corrected chi connectivity index (χ0v) is 16.5. The molecule has 29 heavy (non-hydrogen) atoms. The Kier molecular flexibility index (Phi) is 6.33. The predicted molar refractivity (Wildman–Crippen MR) is 122 cm³/mol. The SMILES string of the molecule is c1ccc(N=C(N=C(Nc2ccccc2)c2ccccc2)N2CCCCC2)cc1. The molecule has 0 bridgehead atoms. The molecule has 0 amide bonds. The van der Waals surface area contributed by atoms with E-state index in [-0.39, 0.29) is 0 Å². The van der Waals surface area contributed by atoms with Crippen molar-refractivity contribution in [3.8, 4) is 0 Å². The topological polar surface area (TPSA) is 40.0 Å². The molecule has 0 saturated carbocycles. The van der Waals surface area contributed by atoms with Gasteiger partial charge in [-0.2, -0.15) is 4.99 Å². The van der Waals surface area contributed by atoms with Crippen LogP contribution in [0.15, 0.2) is 101 Å². The second-order valence-corrected chi connectivity index (χ2v) is 7.11. The van der Waals surface area contributed by atoms with Crippen molar-refractivity contribution in [2.75, 3.05) is 18.4 Å². The maximum absolute atomic E-state index is 5.04. The summed E-state index contributed by atoms with van der Waals surface area (Å²) in [5, 5.41) is 3.49. The second-order valence-electron chi connectivity index (χ2n) is 7.11. The number of aliphatic imine (C=N–C) groups is 2. The van der Waals surface area contributed by atoms with E-state index in [4.69, 9.17) is 9.98 Å². The highest BCUT2D eigenvalue weighted by Gasteiger charge is 2.16. The fourth-order valence-corrected chi connectivity index (χ4v) is 3.40. The van der Waals surface area contributed by atoms with E-state index in [1.165, 1.54) is 19.3 Å². The molecular formula is C25H26N4. The quantitative estimate of drug-likeness (QED) is 0.465. The molecule has 1 aliphatic rings. The lowest BCUT2D eigenvalue weighted by Gasteiger charge is -2.28. The monoisotopic (exact) mass is 382 g/mol. The Morgan fingerprint density at radius 1 is 0.690 bits per heavy atom. The Morgan fingerprint density at radius 2 is 1.28 bits per heavy atom. The standard InChI is InChI=1S/C25H26N4/c1-5-13-21(14-6-1)24(26-22-15-7-2-8-16-22)28-25(29-19-11-4-12-20-29)27-23-17-9-3-10-18-23/h1-3,5-10,13-18H,4,11-12,19-20H2,(H,26,27,28). The number of amidine groups is 1. The maximum Gasteiger partial charge on any atom is 0.227 e. The van der Waals surface area contributed by atoms with Crippen LogP contribution in [-0.2, 0) is 0 Å². The van der Waals surface area contributed by atoms with Crippen molar-refractivity contribution in [3.63, 3.8) is 0 Å². The van der Waals surface area contributed by atoms with Gasteiger partial charge in [0.1, 0.15) is 5.84 Å². The third kappa shape index (κ3) is 5.32. The van der Waals surface area contributed by atoms with Crippen molar-refractivity contribution in [3.05, 3.63) is 96.6 Å². The van der Waals surface area contributed by atoms with Crippen molar-refractivity contribution in [1.29, 1.82) is 0 Å². The minimum atomic E-state index is 0.762. The highest BCUT2D eigenvalue weighted by Crippen LogP contribution is 2.17. The number of benzene rings is 3. The molecule has 0 aromatic heterocycles. The van der Waals surface area contributed by atoms with E-state index < -0.39 is 0 Å². The van der Waals surface area contributed by atoms with Gasteiger partial charge in [0.15, 0.2) is 0 Å². The molecule has 0 radical (unpaired) electrons. The Bertz CT molecular complexity index is 944. The summed E-state index contributed by atoms with van der Waals surface area (Å²) in [6.45, 7) is 1.98. The molecule has 4 heteroatoms. The summed E-state index contributed by atoms with van der Waals surface area (Å²) in [7, 11) is 0. The molecule has 0 aliphatic carbocycles. The van der Waals surface area contributed by atoms with Gasteiger partial charge in [0.05, 0.1) is 5.69 Å². The summed E-state index contributed by atoms with van der Waals surface area (Å²) < 4.78 is 0. The first-order chi connectivity index (χ1) is 14.4. The van der Waals surface area contributed by atoms with Gasteiger partial charge in [0.2, 0.25) is 5.96 Å². The van der Waals surface area contributed by atoms with Crippen LogP contribution in [0, 0.1) is 0 Å². The molecule has 1 aliphatic heterocycles. The fourth-order valence-electron chi connectivity index (χ4n) is 3.40. The minimum Gasteiger partial charge on any atom is -0.341 e. The third-order valence-corrected chi connectivity index (χ3v) is 4.92. The lowest BCUT2D eigenvalue weighted by atomic mass is 10.1. The van der Waals surface area contributed by atoms with Crippen LogP contribution < -0.4 is 5.32 Å². The van der Waals surface area contributed by atoms with Crippen LogP contribution in [0.3, 0.4) is 0 Å². The number of hydrogen-bond donors (Lipinski definition) is 1. The van der Waals surface area contributed by atoms with Crippen LogP contribution in [0.1, 0.15) is 24.8 Å². The number of nitrogens with one attached hydrogen (secondary N) is 1. The van der Waals surface area contributed by atoms with Crippen molar-refractivity contribution >= 4 is 23.2 Å². The third-order valence-electron chi connectivity index (χ3n) is 4.92. The van der Waals surface area contributed by atoms with Gasteiger partial charge in [-0.25, -0.2) is 4.99 Å². The lowest BCUT2D eigenvalue weighted by molar-refractivity contribution is 0.339. The summed E-state index contributed by atoms with van der Waals surface area (Å²) >= 11 is 0. The van der Waals surface area contributed by atoms with Gasteiger partial charge in [-0.15, -0.1) is 0 Å². The number of para-hydroxylation sites is 2. The summed E-state index contributed by atoms with van der Waals surface area (Å²) in [6.07, 6.45) is 3.62. The summed E-state index contributed by atoms with van der Waals surface area (Å²) in [4.78, 5) is 12.2. The van der Waals surface area contributed by atoms with Gasteiger partial charge < -0.3 is 10.2 Å². The van der Waals surface area contributed by atoms with Crippen molar-refractivity contribution in [2.24, 2.45) is 9.98 Å². The average Bonchev–Trinajstić information content (AvgIpc) is 2.81. The first kappa shape index (κ1) is 18.9. The van der Waals surface area contributed by atoms with E-state index in [1.54, 1.807) is 0 Å². The van der Waals surface area contributed by atoms with E-state index in [2.05, 4.69) is 22.3 Å². The molecular weight excluding hydrogens is 356 g/mol. The molecule has 4 rings (SSSR count). The van der Waals surface area contributed by atoms with Crippen LogP contribution in [0.2, 0.25) is 0 Å². The van der Waals surface area contributed by atoms with Crippen LogP contribution in [0.25, 0.3) is 0 Å². The molecule has 0 unspecified atom stereocenters. The van der Waals surface area contributed by atoms with E-state index in [0.29, 0.717) is 0 Å². The molecule has 146 valence electrons. The number of hydrogen-bond acceptors (Lipinski definition) is 1. The van der Waals surface area contributed by atoms with Gasteiger partial charge in [0, 0.05) is 24.3 Å². The van der Waals surface area contributed by atoms with Crippen LogP contribution in [0.5, 0.6) is 0 Å². The number of rotatable bonds is 3. The molecule has 1 heterocycles. The first-order valence-corrected chi connectivity index (χ1v) is 10.2. The predicted octanol–water partition coefficient (Wildman–Crippen LogP) is 5.72. The van der Waals surface area contributed by atoms with E-state index in [1.807, 2.05) is 78.9 Å². The molecule has 1 fully saturated rings. The first-order valence-electron chi connectivity index (χ1n) is 10.2. The van der Waals surface area contributed by atoms with Crippen molar-refractivity contribution in [1.82, 2.24) is 4.90 Å². The Hall–Kier alpha value is -3.40. The zero-order chi connectivity index (χ0) is 19.7. The summed E-state index contributed by atoms with van der Waals surface area (Å²) in [5.41, 5.74) is 2.96. The Labute approximate surface area is 172 Å². The number of likely N-dealkylation sites (tertiary alicyclic amines) is 1. The molecule has 4 nitrogen and oxygen atoms in total. The van der Waals surface area contributed by atoms with E-state index in [9.17, 15) is 0 Å². The Balaban J connectivity index is 1.75. The van der Waals surface area contributed by atoms with Crippen LogP contribution >= 0.6 is 0 Å². The van der Waals surface area contributed by atoms with Gasteiger partial charge in [0.25, 0.3) is 0 Å². The smallest absolute Gasteiger partial charge is 0.227 e. The van der Waals surface area contributed by atoms with E-state index >= 15 is 0 Å². The number of guanidine groups is 1. The fraction of sp³-hybridized carbons (Fsp3) is 0.200. The van der Waals surface area contributed by atoms with Gasteiger partial charge in [-0.05, 0) is 43.5 Å². The summed E-state index contributed by atoms with van der Waals surface area (Å²) in [5.74, 6) is 1.57. The molecule has 0 atom stereocenters. The maximum atomic E-state index is 5.04. The van der Waals surface area contributed by atoms with E-state index in [0.717, 1.165) is 41.8 Å². The van der Waals surface area contributed by atoms with Gasteiger partial charge >= 0.3 is 0 Å². The van der Waals surface area contributed by atoms with Crippen LogP contribution in [-0.4, -0.2) is 29.8 Å².